The molecule has 2 N–H and O–H groups in total. The van der Waals surface area contributed by atoms with E-state index in [9.17, 15) is 8.78 Å². The highest BCUT2D eigenvalue weighted by atomic mass is 19.1. The van der Waals surface area contributed by atoms with Crippen LogP contribution in [-0.2, 0) is 0 Å². The van der Waals surface area contributed by atoms with E-state index >= 15 is 0 Å². The fourth-order valence-corrected chi connectivity index (χ4v) is 1.87. The van der Waals surface area contributed by atoms with E-state index in [4.69, 9.17) is 10.5 Å². The molecular weight excluding hydrogens is 248 g/mol. The average molecular weight is 263 g/mol. The molecule has 1 atom stereocenters. The number of hydrogen-bond donors (Lipinski definition) is 1. The molecule has 100 valence electrons. The van der Waals surface area contributed by atoms with Gasteiger partial charge in [-0.3, -0.25) is 0 Å². The number of ether oxygens (including phenoxy) is 1. The summed E-state index contributed by atoms with van der Waals surface area (Å²) in [5.74, 6) is -0.616. The number of nitrogens with two attached hydrogens (primary N) is 1. The van der Waals surface area contributed by atoms with E-state index in [-0.39, 0.29) is 17.1 Å². The molecule has 2 aromatic rings. The van der Waals surface area contributed by atoms with Crippen molar-refractivity contribution in [3.63, 3.8) is 0 Å². The van der Waals surface area contributed by atoms with Gasteiger partial charge in [0.2, 0.25) is 0 Å². The zero-order valence-corrected chi connectivity index (χ0v) is 10.8. The van der Waals surface area contributed by atoms with Crippen LogP contribution >= 0.6 is 0 Å². The summed E-state index contributed by atoms with van der Waals surface area (Å²) in [4.78, 5) is 0. The maximum atomic E-state index is 13.9. The first-order chi connectivity index (χ1) is 9.00. The molecule has 0 amide bonds. The summed E-state index contributed by atoms with van der Waals surface area (Å²) in [5.41, 5.74) is 6.43. The lowest BCUT2D eigenvalue weighted by atomic mass is 10.1. The summed E-state index contributed by atoms with van der Waals surface area (Å²) in [6.45, 7) is 3.29. The van der Waals surface area contributed by atoms with Crippen molar-refractivity contribution in [3.8, 4) is 11.5 Å². The van der Waals surface area contributed by atoms with Gasteiger partial charge in [0.15, 0.2) is 11.6 Å². The van der Waals surface area contributed by atoms with Crippen molar-refractivity contribution in [2.24, 2.45) is 5.73 Å². The highest BCUT2D eigenvalue weighted by Gasteiger charge is 2.16. The van der Waals surface area contributed by atoms with Crippen LogP contribution in [0.2, 0.25) is 0 Å². The standard InChI is InChI=1S/C15H15F2NO/c1-9-5-3-8-13(15(9)17)19-12-7-4-6-11(16)14(12)10(2)18/h3-8,10H,18H2,1-2H3/t10-/m1/s1. The minimum absolute atomic E-state index is 0.0625. The Kier molecular flexibility index (Phi) is 3.81. The number of aryl methyl sites for hydroxylation is 1. The maximum absolute atomic E-state index is 13.9. The lowest BCUT2D eigenvalue weighted by Gasteiger charge is -2.15. The molecular formula is C15H15F2NO. The van der Waals surface area contributed by atoms with Crippen LogP contribution in [0.25, 0.3) is 0 Å². The van der Waals surface area contributed by atoms with Gasteiger partial charge in [-0.1, -0.05) is 18.2 Å². The molecule has 2 aromatic carbocycles. The zero-order valence-electron chi connectivity index (χ0n) is 10.8. The fraction of sp³-hybridized carbons (Fsp3) is 0.200. The van der Waals surface area contributed by atoms with E-state index in [1.165, 1.54) is 18.2 Å². The van der Waals surface area contributed by atoms with Gasteiger partial charge < -0.3 is 10.5 Å². The van der Waals surface area contributed by atoms with Crippen molar-refractivity contribution in [3.05, 3.63) is 59.2 Å². The Morgan fingerprint density at radius 2 is 1.68 bits per heavy atom. The molecule has 0 aliphatic carbocycles. The molecule has 0 aromatic heterocycles. The van der Waals surface area contributed by atoms with Crippen LogP contribution < -0.4 is 10.5 Å². The number of rotatable bonds is 3. The van der Waals surface area contributed by atoms with Gasteiger partial charge >= 0.3 is 0 Å². The molecule has 0 aliphatic rings. The predicted octanol–water partition coefficient (Wildman–Crippen LogP) is 4.09. The normalized spacial score (nSPS) is 12.3. The second-order valence-corrected chi connectivity index (χ2v) is 4.43. The van der Waals surface area contributed by atoms with Gasteiger partial charge in [-0.05, 0) is 37.6 Å². The molecule has 2 rings (SSSR count). The molecule has 0 bridgehead atoms. The molecule has 4 heteroatoms. The Morgan fingerprint density at radius 1 is 1.05 bits per heavy atom. The second kappa shape index (κ2) is 5.36. The van der Waals surface area contributed by atoms with Crippen molar-refractivity contribution in [1.29, 1.82) is 0 Å². The van der Waals surface area contributed by atoms with Crippen LogP contribution in [0.1, 0.15) is 24.1 Å². The molecule has 0 heterocycles. The average Bonchev–Trinajstić information content (AvgIpc) is 2.34. The summed E-state index contributed by atoms with van der Waals surface area (Å²) in [6, 6.07) is 8.66. The topological polar surface area (TPSA) is 35.2 Å². The van der Waals surface area contributed by atoms with Gasteiger partial charge in [-0.15, -0.1) is 0 Å². The summed E-state index contributed by atoms with van der Waals surface area (Å²) >= 11 is 0. The molecule has 2 nitrogen and oxygen atoms in total. The molecule has 0 unspecified atom stereocenters. The fourth-order valence-electron chi connectivity index (χ4n) is 1.87. The third kappa shape index (κ3) is 2.74. The maximum Gasteiger partial charge on any atom is 0.168 e. The second-order valence-electron chi connectivity index (χ2n) is 4.43. The Labute approximate surface area is 110 Å². The Bertz CT molecular complexity index is 597. The van der Waals surface area contributed by atoms with Crippen LogP contribution in [0.5, 0.6) is 11.5 Å². The van der Waals surface area contributed by atoms with Gasteiger partial charge in [0, 0.05) is 11.6 Å². The van der Waals surface area contributed by atoms with Gasteiger partial charge in [0.1, 0.15) is 11.6 Å². The van der Waals surface area contributed by atoms with E-state index in [1.54, 1.807) is 32.0 Å². The molecule has 0 fully saturated rings. The molecule has 0 spiro atoms. The third-order valence-corrected chi connectivity index (χ3v) is 2.84. The van der Waals surface area contributed by atoms with Crippen LogP contribution in [-0.4, -0.2) is 0 Å². The van der Waals surface area contributed by atoms with Crippen molar-refractivity contribution >= 4 is 0 Å². The van der Waals surface area contributed by atoms with Crippen molar-refractivity contribution < 1.29 is 13.5 Å². The van der Waals surface area contributed by atoms with E-state index < -0.39 is 17.7 Å². The van der Waals surface area contributed by atoms with Crippen LogP contribution in [0.4, 0.5) is 8.78 Å². The highest BCUT2D eigenvalue weighted by Crippen LogP contribution is 2.32. The Balaban J connectivity index is 2.44. The quantitative estimate of drug-likeness (QED) is 0.905. The zero-order chi connectivity index (χ0) is 14.0. The largest absolute Gasteiger partial charge is 0.454 e. The molecule has 0 radical (unpaired) electrons. The van der Waals surface area contributed by atoms with Crippen LogP contribution in [0.15, 0.2) is 36.4 Å². The molecule has 0 saturated heterocycles. The minimum Gasteiger partial charge on any atom is -0.454 e. The lowest BCUT2D eigenvalue weighted by Crippen LogP contribution is -2.09. The number of halogens is 2. The summed E-state index contributed by atoms with van der Waals surface area (Å²) in [6.07, 6.45) is 0. The van der Waals surface area contributed by atoms with Gasteiger partial charge in [0.25, 0.3) is 0 Å². The van der Waals surface area contributed by atoms with Crippen LogP contribution in [0.3, 0.4) is 0 Å². The monoisotopic (exact) mass is 263 g/mol. The van der Waals surface area contributed by atoms with Crippen molar-refractivity contribution in [1.82, 2.24) is 0 Å². The van der Waals surface area contributed by atoms with E-state index in [0.717, 1.165) is 0 Å². The molecule has 19 heavy (non-hydrogen) atoms. The van der Waals surface area contributed by atoms with Crippen molar-refractivity contribution in [2.75, 3.05) is 0 Å². The smallest absolute Gasteiger partial charge is 0.168 e. The Hall–Kier alpha value is -1.94. The van der Waals surface area contributed by atoms with Crippen LogP contribution in [0, 0.1) is 18.6 Å². The van der Waals surface area contributed by atoms with Gasteiger partial charge in [-0.2, -0.15) is 0 Å². The summed E-state index contributed by atoms with van der Waals surface area (Å²) < 4.78 is 33.1. The lowest BCUT2D eigenvalue weighted by molar-refractivity contribution is 0.426. The van der Waals surface area contributed by atoms with E-state index in [2.05, 4.69) is 0 Å². The molecule has 0 saturated carbocycles. The summed E-state index contributed by atoms with van der Waals surface area (Å²) in [7, 11) is 0. The minimum atomic E-state index is -0.538. The van der Waals surface area contributed by atoms with Crippen molar-refractivity contribution in [2.45, 2.75) is 19.9 Å². The Morgan fingerprint density at radius 3 is 2.37 bits per heavy atom. The SMILES string of the molecule is Cc1cccc(Oc2cccc(F)c2[C@@H](C)N)c1F. The third-order valence-electron chi connectivity index (χ3n) is 2.84. The predicted molar refractivity (Wildman–Crippen MR) is 70.2 cm³/mol. The first-order valence-electron chi connectivity index (χ1n) is 5.97. The number of benzene rings is 2. The first-order valence-corrected chi connectivity index (χ1v) is 5.97. The van der Waals surface area contributed by atoms with E-state index in [0.29, 0.717) is 5.56 Å². The number of hydrogen-bond acceptors (Lipinski definition) is 2. The first kappa shape index (κ1) is 13.5. The highest BCUT2D eigenvalue weighted by molar-refractivity contribution is 5.41. The van der Waals surface area contributed by atoms with Gasteiger partial charge in [-0.25, -0.2) is 8.78 Å². The van der Waals surface area contributed by atoms with Gasteiger partial charge in [0.05, 0.1) is 0 Å². The molecule has 0 aliphatic heterocycles. The van der Waals surface area contributed by atoms with E-state index in [1.807, 2.05) is 0 Å². The summed E-state index contributed by atoms with van der Waals surface area (Å²) in [5, 5.41) is 0.